The van der Waals surface area contributed by atoms with Gasteiger partial charge in [0.15, 0.2) is 0 Å². The van der Waals surface area contributed by atoms with Crippen LogP contribution in [0.4, 0.5) is 0 Å². The molecule has 0 saturated carbocycles. The van der Waals surface area contributed by atoms with Gasteiger partial charge in [0.1, 0.15) is 5.76 Å². The van der Waals surface area contributed by atoms with Gasteiger partial charge in [0.2, 0.25) is 0 Å². The van der Waals surface area contributed by atoms with E-state index in [4.69, 9.17) is 4.42 Å². The SMILES string of the molecule is CCCCCCCCc1cn(Cc2ccccc2)c(=O)o1. The summed E-state index contributed by atoms with van der Waals surface area (Å²) in [7, 11) is 0. The van der Waals surface area contributed by atoms with Crippen LogP contribution in [0.3, 0.4) is 0 Å². The smallest absolute Gasteiger partial charge is 0.413 e. The zero-order valence-electron chi connectivity index (χ0n) is 12.9. The van der Waals surface area contributed by atoms with Crippen molar-refractivity contribution in [3.8, 4) is 0 Å². The molecule has 1 heterocycles. The zero-order chi connectivity index (χ0) is 14.9. The fourth-order valence-electron chi connectivity index (χ4n) is 2.51. The molecule has 0 fully saturated rings. The Morgan fingerprint density at radius 2 is 1.71 bits per heavy atom. The topological polar surface area (TPSA) is 35.1 Å². The molecule has 0 N–H and O–H groups in total. The van der Waals surface area contributed by atoms with Gasteiger partial charge in [-0.2, -0.15) is 0 Å². The fourth-order valence-corrected chi connectivity index (χ4v) is 2.51. The Labute approximate surface area is 126 Å². The molecule has 2 rings (SSSR count). The molecule has 1 aromatic carbocycles. The third kappa shape index (κ3) is 5.25. The largest absolute Gasteiger partial charge is 0.419 e. The van der Waals surface area contributed by atoms with E-state index in [0.717, 1.165) is 24.2 Å². The lowest BCUT2D eigenvalue weighted by Crippen LogP contribution is -2.13. The lowest BCUT2D eigenvalue weighted by atomic mass is 10.1. The highest BCUT2D eigenvalue weighted by Gasteiger charge is 2.06. The van der Waals surface area contributed by atoms with Gasteiger partial charge in [-0.3, -0.25) is 4.57 Å². The number of aryl methyl sites for hydroxylation is 1. The van der Waals surface area contributed by atoms with Crippen molar-refractivity contribution < 1.29 is 4.42 Å². The number of oxazole rings is 1. The van der Waals surface area contributed by atoms with E-state index in [1.165, 1.54) is 32.1 Å². The number of unbranched alkanes of at least 4 members (excludes halogenated alkanes) is 5. The van der Waals surface area contributed by atoms with Crippen LogP contribution in [0, 0.1) is 0 Å². The highest BCUT2D eigenvalue weighted by atomic mass is 16.4. The van der Waals surface area contributed by atoms with Crippen molar-refractivity contribution in [3.63, 3.8) is 0 Å². The first-order valence-electron chi connectivity index (χ1n) is 8.02. The van der Waals surface area contributed by atoms with E-state index in [-0.39, 0.29) is 5.76 Å². The monoisotopic (exact) mass is 287 g/mol. The van der Waals surface area contributed by atoms with Gasteiger partial charge < -0.3 is 4.42 Å². The van der Waals surface area contributed by atoms with Crippen LogP contribution in [-0.2, 0) is 13.0 Å². The van der Waals surface area contributed by atoms with E-state index in [1.54, 1.807) is 4.57 Å². The summed E-state index contributed by atoms with van der Waals surface area (Å²) in [6.45, 7) is 2.81. The van der Waals surface area contributed by atoms with Crippen LogP contribution in [0.5, 0.6) is 0 Å². The Morgan fingerprint density at radius 3 is 2.48 bits per heavy atom. The third-order valence-electron chi connectivity index (χ3n) is 3.73. The second kappa shape index (κ2) is 8.50. The van der Waals surface area contributed by atoms with Crippen LogP contribution >= 0.6 is 0 Å². The molecule has 21 heavy (non-hydrogen) atoms. The molecule has 3 nitrogen and oxygen atoms in total. The van der Waals surface area contributed by atoms with Gasteiger partial charge in [0.05, 0.1) is 6.54 Å². The van der Waals surface area contributed by atoms with Crippen molar-refractivity contribution in [2.45, 2.75) is 58.4 Å². The summed E-state index contributed by atoms with van der Waals surface area (Å²) in [5.41, 5.74) is 1.12. The number of hydrogen-bond acceptors (Lipinski definition) is 2. The third-order valence-corrected chi connectivity index (χ3v) is 3.73. The summed E-state index contributed by atoms with van der Waals surface area (Å²) in [4.78, 5) is 11.8. The molecule has 0 amide bonds. The lowest BCUT2D eigenvalue weighted by Gasteiger charge is -2.00. The minimum absolute atomic E-state index is 0.250. The summed E-state index contributed by atoms with van der Waals surface area (Å²) >= 11 is 0. The molecule has 1 aromatic heterocycles. The van der Waals surface area contributed by atoms with Crippen LogP contribution in [-0.4, -0.2) is 4.57 Å². The lowest BCUT2D eigenvalue weighted by molar-refractivity contribution is 0.442. The summed E-state index contributed by atoms with van der Waals surface area (Å²) in [5, 5.41) is 0. The quantitative estimate of drug-likeness (QED) is 0.641. The fraction of sp³-hybridized carbons (Fsp3) is 0.500. The van der Waals surface area contributed by atoms with Crippen molar-refractivity contribution in [1.29, 1.82) is 0 Å². The molecule has 3 heteroatoms. The normalized spacial score (nSPS) is 10.9. The molecule has 0 aliphatic carbocycles. The first-order chi connectivity index (χ1) is 10.3. The van der Waals surface area contributed by atoms with Gasteiger partial charge in [0.25, 0.3) is 0 Å². The van der Waals surface area contributed by atoms with Gasteiger partial charge in [-0.1, -0.05) is 69.4 Å². The molecule has 0 spiro atoms. The average molecular weight is 287 g/mol. The van der Waals surface area contributed by atoms with Crippen molar-refractivity contribution >= 4 is 0 Å². The second-order valence-corrected chi connectivity index (χ2v) is 5.59. The summed E-state index contributed by atoms with van der Waals surface area (Å²) < 4.78 is 6.98. The number of hydrogen-bond donors (Lipinski definition) is 0. The van der Waals surface area contributed by atoms with E-state index < -0.39 is 0 Å². The van der Waals surface area contributed by atoms with E-state index in [1.807, 2.05) is 36.5 Å². The Bertz CT molecular complexity index is 568. The number of benzene rings is 1. The molecular formula is C18H25NO2. The molecule has 2 aromatic rings. The van der Waals surface area contributed by atoms with Crippen LogP contribution in [0.25, 0.3) is 0 Å². The molecule has 0 unspecified atom stereocenters. The standard InChI is InChI=1S/C18H25NO2/c1-2-3-4-5-6-10-13-17-15-19(18(20)21-17)14-16-11-8-7-9-12-16/h7-9,11-12,15H,2-6,10,13-14H2,1H3. The maximum absolute atomic E-state index is 11.8. The first kappa shape index (κ1) is 15.6. The predicted octanol–water partition coefficient (Wildman–Crippen LogP) is 4.39. The summed E-state index contributed by atoms with van der Waals surface area (Å²) in [6.07, 6.45) is 10.2. The second-order valence-electron chi connectivity index (χ2n) is 5.59. The van der Waals surface area contributed by atoms with Crippen LogP contribution < -0.4 is 5.76 Å². The van der Waals surface area contributed by atoms with Gasteiger partial charge in [-0.15, -0.1) is 0 Å². The predicted molar refractivity (Wildman–Crippen MR) is 85.6 cm³/mol. The van der Waals surface area contributed by atoms with E-state index in [0.29, 0.717) is 6.54 Å². The molecule has 114 valence electrons. The van der Waals surface area contributed by atoms with Crippen molar-refractivity contribution in [3.05, 3.63) is 58.4 Å². The highest BCUT2D eigenvalue weighted by molar-refractivity contribution is 5.15. The Balaban J connectivity index is 1.81. The minimum atomic E-state index is -0.250. The van der Waals surface area contributed by atoms with Crippen molar-refractivity contribution in [2.75, 3.05) is 0 Å². The highest BCUT2D eigenvalue weighted by Crippen LogP contribution is 2.10. The minimum Gasteiger partial charge on any atom is -0.413 e. The summed E-state index contributed by atoms with van der Waals surface area (Å²) in [5.74, 6) is 0.561. The molecule has 0 radical (unpaired) electrons. The van der Waals surface area contributed by atoms with Gasteiger partial charge in [0, 0.05) is 12.6 Å². The van der Waals surface area contributed by atoms with Gasteiger partial charge in [-0.25, -0.2) is 4.79 Å². The molecule has 0 saturated heterocycles. The molecule has 0 aliphatic heterocycles. The van der Waals surface area contributed by atoms with Crippen molar-refractivity contribution in [1.82, 2.24) is 4.57 Å². The van der Waals surface area contributed by atoms with E-state index >= 15 is 0 Å². The van der Waals surface area contributed by atoms with Crippen LogP contribution in [0.2, 0.25) is 0 Å². The summed E-state index contributed by atoms with van der Waals surface area (Å²) in [6, 6.07) is 9.99. The van der Waals surface area contributed by atoms with E-state index in [9.17, 15) is 4.79 Å². The average Bonchev–Trinajstić information content (AvgIpc) is 2.84. The molecule has 0 bridgehead atoms. The van der Waals surface area contributed by atoms with Gasteiger partial charge in [-0.05, 0) is 12.0 Å². The number of nitrogens with zero attached hydrogens (tertiary/aromatic N) is 1. The van der Waals surface area contributed by atoms with E-state index in [2.05, 4.69) is 6.92 Å². The maximum atomic E-state index is 11.8. The van der Waals surface area contributed by atoms with Crippen LogP contribution in [0.15, 0.2) is 45.7 Å². The molecule has 0 aliphatic rings. The molecular weight excluding hydrogens is 262 g/mol. The Hall–Kier alpha value is -1.77. The number of aromatic nitrogens is 1. The van der Waals surface area contributed by atoms with Crippen LogP contribution in [0.1, 0.15) is 56.8 Å². The maximum Gasteiger partial charge on any atom is 0.419 e. The Kier molecular flexibility index (Phi) is 6.32. The van der Waals surface area contributed by atoms with Gasteiger partial charge >= 0.3 is 5.76 Å². The first-order valence-corrected chi connectivity index (χ1v) is 8.02. The van der Waals surface area contributed by atoms with Crippen molar-refractivity contribution in [2.24, 2.45) is 0 Å². The zero-order valence-corrected chi connectivity index (χ0v) is 12.9. The molecule has 0 atom stereocenters. The Morgan fingerprint density at radius 1 is 1.00 bits per heavy atom. The number of rotatable bonds is 9.